The van der Waals surface area contributed by atoms with E-state index in [0.29, 0.717) is 13.2 Å². The Morgan fingerprint density at radius 3 is 1.15 bits per heavy atom. The van der Waals surface area contributed by atoms with E-state index in [1.54, 1.807) is 12.2 Å². The van der Waals surface area contributed by atoms with Gasteiger partial charge >= 0.3 is 0 Å². The molecule has 0 aliphatic carbocycles. The number of hydrogen-bond acceptors (Lipinski definition) is 1. The Hall–Kier alpha value is -1.81. The van der Waals surface area contributed by atoms with Crippen molar-refractivity contribution in [2.75, 3.05) is 13.2 Å². The van der Waals surface area contributed by atoms with Gasteiger partial charge in [0.05, 0.1) is 13.2 Å². The first-order valence-electron chi connectivity index (χ1n) is 8.61. The van der Waals surface area contributed by atoms with Gasteiger partial charge in [-0.25, -0.2) is 0 Å². The van der Waals surface area contributed by atoms with Crippen molar-refractivity contribution in [1.29, 1.82) is 0 Å². The molecule has 0 aliphatic rings. The minimum absolute atomic E-state index is 0. The van der Waals surface area contributed by atoms with Crippen LogP contribution in [0.3, 0.4) is 0 Å². The monoisotopic (exact) mass is 466 g/mol. The Kier molecular flexibility index (Phi) is 12.3. The van der Waals surface area contributed by atoms with Crippen molar-refractivity contribution >= 4 is 23.8 Å². The van der Waals surface area contributed by atoms with Crippen LogP contribution >= 0.6 is 7.92 Å². The summed E-state index contributed by atoms with van der Waals surface area (Å²) in [5.41, 5.74) is 0. The van der Waals surface area contributed by atoms with Crippen molar-refractivity contribution < 1.29 is 25.2 Å². The zero-order valence-corrected chi connectivity index (χ0v) is 17.8. The molecule has 0 saturated carbocycles. The first-order chi connectivity index (χ1) is 12.9. The summed E-state index contributed by atoms with van der Waals surface area (Å²) in [6.45, 7) is 8.18. The topological polar surface area (TPSA) is 9.23 Å². The van der Waals surface area contributed by atoms with Crippen LogP contribution in [-0.4, -0.2) is 13.2 Å². The molecule has 0 amide bonds. The smallest absolute Gasteiger partial charge is 0.0649 e. The maximum atomic E-state index is 4.90. The Labute approximate surface area is 178 Å². The fourth-order valence-corrected chi connectivity index (χ4v) is 4.72. The van der Waals surface area contributed by atoms with E-state index < -0.39 is 7.92 Å². The quantitative estimate of drug-likeness (QED) is 0.210. The molecule has 0 aromatic heterocycles. The van der Waals surface area contributed by atoms with Crippen molar-refractivity contribution in [1.82, 2.24) is 0 Å². The normalized spacial score (nSPS) is 9.52. The number of rotatable bonds is 7. The second-order valence-corrected chi connectivity index (χ2v) is 7.68. The fourth-order valence-electron chi connectivity index (χ4n) is 2.41. The van der Waals surface area contributed by atoms with Gasteiger partial charge in [0.25, 0.3) is 0 Å². The van der Waals surface area contributed by atoms with Gasteiger partial charge in [-0.1, -0.05) is 103 Å². The third-order valence-electron chi connectivity index (χ3n) is 3.51. The van der Waals surface area contributed by atoms with Crippen molar-refractivity contribution in [3.05, 3.63) is 116 Å². The first kappa shape index (κ1) is 23.2. The molecule has 0 aliphatic heterocycles. The molecule has 0 radical (unpaired) electrons. The molecule has 0 heterocycles. The summed E-state index contributed by atoms with van der Waals surface area (Å²) in [7, 11) is -0.446. The molecule has 0 unspecified atom stereocenters. The summed E-state index contributed by atoms with van der Waals surface area (Å²) in [6.07, 6.45) is 3.42. The van der Waals surface area contributed by atoms with Crippen LogP contribution in [0.2, 0.25) is 0 Å². The molecule has 0 saturated heterocycles. The van der Waals surface area contributed by atoms with E-state index in [1.807, 2.05) is 0 Å². The summed E-state index contributed by atoms with van der Waals surface area (Å²) in [5.74, 6) is 0. The fraction of sp³-hybridized carbons (Fsp3) is 0.0833. The van der Waals surface area contributed by atoms with Crippen LogP contribution in [0.25, 0.3) is 0 Å². The van der Waals surface area contributed by atoms with Crippen LogP contribution < -0.4 is 15.9 Å². The van der Waals surface area contributed by atoms with Crippen molar-refractivity contribution in [2.24, 2.45) is 0 Å². The van der Waals surface area contributed by atoms with E-state index >= 15 is 0 Å². The molecular weight excluding hydrogens is 442 g/mol. The van der Waals surface area contributed by atoms with Crippen LogP contribution in [0.5, 0.6) is 0 Å². The molecule has 27 heavy (non-hydrogen) atoms. The molecule has 142 valence electrons. The Balaban J connectivity index is 0.000000395. The second kappa shape index (κ2) is 14.3. The molecular formula is C24H25OPPd. The molecule has 0 fully saturated rings. The number of benzene rings is 3. The molecule has 0 bridgehead atoms. The van der Waals surface area contributed by atoms with Gasteiger partial charge in [-0.05, 0) is 23.8 Å². The number of ether oxygens (including phenoxy) is 1. The summed E-state index contributed by atoms with van der Waals surface area (Å²) < 4.78 is 4.90. The van der Waals surface area contributed by atoms with E-state index in [1.165, 1.54) is 15.9 Å². The minimum atomic E-state index is -0.446. The second-order valence-electron chi connectivity index (χ2n) is 5.46. The Morgan fingerprint density at radius 1 is 0.593 bits per heavy atom. The first-order valence-corrected chi connectivity index (χ1v) is 9.95. The molecule has 0 N–H and O–H groups in total. The summed E-state index contributed by atoms with van der Waals surface area (Å²) in [6, 6.07) is 32.3. The van der Waals surface area contributed by atoms with Gasteiger partial charge in [0.2, 0.25) is 0 Å². The molecule has 3 heteroatoms. The van der Waals surface area contributed by atoms with Crippen LogP contribution in [0.4, 0.5) is 0 Å². The zero-order valence-electron chi connectivity index (χ0n) is 15.3. The van der Waals surface area contributed by atoms with Crippen LogP contribution in [0.1, 0.15) is 0 Å². The van der Waals surface area contributed by atoms with Crippen molar-refractivity contribution in [2.45, 2.75) is 0 Å². The Bertz CT molecular complexity index is 658. The molecule has 3 aromatic carbocycles. The van der Waals surface area contributed by atoms with Crippen LogP contribution in [-0.2, 0) is 25.2 Å². The SMILES string of the molecule is C=CCOCC=C.[Pd].c1ccc(P(c2ccccc2)c2ccccc2)cc1. The Morgan fingerprint density at radius 2 is 0.889 bits per heavy atom. The van der Waals surface area contributed by atoms with Gasteiger partial charge < -0.3 is 4.74 Å². The van der Waals surface area contributed by atoms with Gasteiger partial charge in [-0.15, -0.1) is 13.2 Å². The summed E-state index contributed by atoms with van der Waals surface area (Å²) in [4.78, 5) is 0. The summed E-state index contributed by atoms with van der Waals surface area (Å²) in [5, 5.41) is 4.19. The van der Waals surface area contributed by atoms with E-state index in [4.69, 9.17) is 4.74 Å². The predicted molar refractivity (Wildman–Crippen MR) is 116 cm³/mol. The standard InChI is InChI=1S/C18H15P.C6H10O.Pd/c1-4-10-16(11-5-1)19(17-12-6-2-7-13-17)18-14-8-3-9-15-18;1-3-5-7-6-4-2;/h1-15H;3-4H,1-2,5-6H2;. The van der Waals surface area contributed by atoms with E-state index in [0.717, 1.165) is 0 Å². The van der Waals surface area contributed by atoms with Crippen molar-refractivity contribution in [3.8, 4) is 0 Å². The average Bonchev–Trinajstić information content (AvgIpc) is 2.72. The predicted octanol–water partition coefficient (Wildman–Crippen LogP) is 4.82. The maximum Gasteiger partial charge on any atom is 0.0649 e. The van der Waals surface area contributed by atoms with E-state index in [9.17, 15) is 0 Å². The molecule has 3 rings (SSSR count). The van der Waals surface area contributed by atoms with Crippen LogP contribution in [0, 0.1) is 0 Å². The van der Waals surface area contributed by atoms with Gasteiger partial charge in [-0.3, -0.25) is 0 Å². The molecule has 1 nitrogen and oxygen atoms in total. The maximum absolute atomic E-state index is 4.90. The molecule has 0 atom stereocenters. The summed E-state index contributed by atoms with van der Waals surface area (Å²) >= 11 is 0. The third-order valence-corrected chi connectivity index (χ3v) is 5.96. The van der Waals surface area contributed by atoms with E-state index in [2.05, 4.69) is 104 Å². The largest absolute Gasteiger partial charge is 0.373 e. The van der Waals surface area contributed by atoms with E-state index in [-0.39, 0.29) is 20.4 Å². The van der Waals surface area contributed by atoms with Gasteiger partial charge in [0, 0.05) is 20.4 Å². The zero-order chi connectivity index (χ0) is 18.5. The van der Waals surface area contributed by atoms with Crippen molar-refractivity contribution in [3.63, 3.8) is 0 Å². The minimum Gasteiger partial charge on any atom is -0.373 e. The van der Waals surface area contributed by atoms with Gasteiger partial charge in [0.15, 0.2) is 0 Å². The number of hydrogen-bond donors (Lipinski definition) is 0. The van der Waals surface area contributed by atoms with Crippen LogP contribution in [0.15, 0.2) is 116 Å². The van der Waals surface area contributed by atoms with Gasteiger partial charge in [0.1, 0.15) is 0 Å². The third kappa shape index (κ3) is 8.17. The average molecular weight is 467 g/mol. The van der Waals surface area contributed by atoms with Gasteiger partial charge in [-0.2, -0.15) is 0 Å². The molecule has 0 spiro atoms. The molecule has 3 aromatic rings.